The molecule has 23 heavy (non-hydrogen) atoms. The average Bonchev–Trinajstić information content (AvgIpc) is 2.96. The number of hydrogen-bond acceptors (Lipinski definition) is 6. The molecule has 3 rings (SSSR count). The fraction of sp³-hybridized carbons (Fsp3) is 0.571. The molecule has 124 valence electrons. The summed E-state index contributed by atoms with van der Waals surface area (Å²) >= 11 is 1.41. The van der Waals surface area contributed by atoms with Crippen molar-refractivity contribution in [2.75, 3.05) is 30.8 Å². The first-order valence-corrected chi connectivity index (χ1v) is 9.61. The number of nitrogens with zero attached hydrogens (tertiary/aromatic N) is 3. The Labute approximate surface area is 138 Å². The number of rotatable bonds is 3. The Morgan fingerprint density at radius 1 is 1.48 bits per heavy atom. The highest BCUT2D eigenvalue weighted by atomic mass is 32.3. The molecular weight excluding hydrogens is 341 g/mol. The summed E-state index contributed by atoms with van der Waals surface area (Å²) < 4.78 is 34.5. The Bertz CT molecular complexity index is 797. The van der Waals surface area contributed by atoms with E-state index in [0.29, 0.717) is 10.6 Å². The van der Waals surface area contributed by atoms with Gasteiger partial charge in [0, 0.05) is 36.9 Å². The van der Waals surface area contributed by atoms with Crippen molar-refractivity contribution in [1.29, 1.82) is 5.26 Å². The molecule has 1 atom stereocenters. The Morgan fingerprint density at radius 2 is 2.22 bits per heavy atom. The summed E-state index contributed by atoms with van der Waals surface area (Å²) in [5.74, 6) is -1.46. The molecule has 0 spiro atoms. The minimum absolute atomic E-state index is 0.00348. The highest BCUT2D eigenvalue weighted by Gasteiger charge is 2.37. The largest absolute Gasteiger partial charge is 0.302 e. The van der Waals surface area contributed by atoms with Crippen molar-refractivity contribution in [3.63, 3.8) is 0 Å². The lowest BCUT2D eigenvalue weighted by atomic mass is 10.0. The number of carbonyl (C=O) groups is 1. The zero-order chi connectivity index (χ0) is 16.8. The number of carbonyl (C=O) groups excluding carboxylic acids is 1. The molecule has 1 aromatic heterocycles. The van der Waals surface area contributed by atoms with Crippen LogP contribution in [0.4, 0.5) is 8.89 Å². The van der Waals surface area contributed by atoms with Gasteiger partial charge in [-0.3, -0.25) is 4.79 Å². The molecule has 6 nitrogen and oxygen atoms in total. The number of thiophene rings is 1. The monoisotopic (exact) mass is 357 g/mol. The quantitative estimate of drug-likeness (QED) is 0.761. The number of fused-ring (bicyclic) bond motifs is 1. The van der Waals surface area contributed by atoms with Gasteiger partial charge in [-0.05, 0) is 19.0 Å². The molecule has 0 radical (unpaired) electrons. The molecular formula is C14H16FN3O3S2. The lowest BCUT2D eigenvalue weighted by Gasteiger charge is -2.21. The Balaban J connectivity index is 1.91. The summed E-state index contributed by atoms with van der Waals surface area (Å²) in [4.78, 5) is 16.9. The fourth-order valence-corrected chi connectivity index (χ4v) is 5.38. The van der Waals surface area contributed by atoms with Crippen molar-refractivity contribution in [3.8, 4) is 6.07 Å². The molecule has 2 aliphatic rings. The topological polar surface area (TPSA) is 81.5 Å². The highest BCUT2D eigenvalue weighted by Crippen LogP contribution is 2.41. The third-order valence-corrected chi connectivity index (χ3v) is 6.34. The summed E-state index contributed by atoms with van der Waals surface area (Å²) in [6.07, 6.45) is 0.756. The van der Waals surface area contributed by atoms with Crippen LogP contribution in [-0.4, -0.2) is 45.1 Å². The van der Waals surface area contributed by atoms with Crippen molar-refractivity contribution in [2.45, 2.75) is 19.4 Å². The molecule has 0 bridgehead atoms. The van der Waals surface area contributed by atoms with E-state index in [9.17, 15) is 22.4 Å². The molecule has 1 unspecified atom stereocenters. The summed E-state index contributed by atoms with van der Waals surface area (Å²) in [5, 5.41) is 10.1. The summed E-state index contributed by atoms with van der Waals surface area (Å²) in [6, 6.07) is 2.18. The van der Waals surface area contributed by atoms with Gasteiger partial charge in [-0.2, -0.15) is 13.7 Å². The first-order valence-electron chi connectivity index (χ1n) is 7.24. The molecule has 9 heteroatoms. The molecule has 1 saturated heterocycles. The minimum atomic E-state index is -4.61. The maximum atomic E-state index is 12.9. The fourth-order valence-electron chi connectivity index (χ4n) is 3.19. The number of halogens is 1. The van der Waals surface area contributed by atoms with E-state index in [1.54, 1.807) is 0 Å². The van der Waals surface area contributed by atoms with Crippen molar-refractivity contribution in [2.24, 2.45) is 5.92 Å². The zero-order valence-corrected chi connectivity index (χ0v) is 14.2. The van der Waals surface area contributed by atoms with E-state index in [1.165, 1.54) is 16.2 Å². The van der Waals surface area contributed by atoms with Crippen LogP contribution in [0.3, 0.4) is 0 Å². The van der Waals surface area contributed by atoms with Crippen molar-refractivity contribution in [3.05, 3.63) is 16.0 Å². The highest BCUT2D eigenvalue weighted by molar-refractivity contribution is 7.86. The van der Waals surface area contributed by atoms with Gasteiger partial charge >= 0.3 is 10.2 Å². The predicted octanol–water partition coefficient (Wildman–Crippen LogP) is 1.26. The molecule has 1 fully saturated rings. The van der Waals surface area contributed by atoms with Gasteiger partial charge in [0.1, 0.15) is 11.1 Å². The van der Waals surface area contributed by atoms with Gasteiger partial charge in [0.25, 0.3) is 0 Å². The Hall–Kier alpha value is -1.50. The van der Waals surface area contributed by atoms with Crippen molar-refractivity contribution in [1.82, 2.24) is 4.90 Å². The maximum Gasteiger partial charge on any atom is 0.302 e. The van der Waals surface area contributed by atoms with Gasteiger partial charge in [-0.1, -0.05) is 0 Å². The third-order valence-electron chi connectivity index (χ3n) is 4.23. The molecule has 0 aliphatic carbocycles. The maximum absolute atomic E-state index is 12.9. The van der Waals surface area contributed by atoms with E-state index < -0.39 is 21.9 Å². The smallest absolute Gasteiger partial charge is 0.302 e. The average molecular weight is 357 g/mol. The number of amides is 1. The van der Waals surface area contributed by atoms with E-state index in [2.05, 4.69) is 11.0 Å². The first kappa shape index (κ1) is 16.4. The van der Waals surface area contributed by atoms with E-state index >= 15 is 0 Å². The lowest BCUT2D eigenvalue weighted by molar-refractivity contribution is -0.117. The third kappa shape index (κ3) is 3.24. The van der Waals surface area contributed by atoms with Gasteiger partial charge in [-0.25, -0.2) is 0 Å². The van der Waals surface area contributed by atoms with Crippen LogP contribution in [0.5, 0.6) is 0 Å². The minimum Gasteiger partial charge on any atom is -0.302 e. The van der Waals surface area contributed by atoms with Gasteiger partial charge in [0.2, 0.25) is 5.91 Å². The van der Waals surface area contributed by atoms with Gasteiger partial charge in [-0.15, -0.1) is 15.2 Å². The Kier molecular flexibility index (Phi) is 4.16. The summed E-state index contributed by atoms with van der Waals surface area (Å²) in [5.41, 5.74) is 1.50. The van der Waals surface area contributed by atoms with Gasteiger partial charge in [0.15, 0.2) is 0 Å². The van der Waals surface area contributed by atoms with E-state index in [4.69, 9.17) is 0 Å². The summed E-state index contributed by atoms with van der Waals surface area (Å²) in [7, 11) is -2.61. The molecule has 1 amide bonds. The van der Waals surface area contributed by atoms with Crippen molar-refractivity contribution < 1.29 is 17.1 Å². The number of nitriles is 1. The van der Waals surface area contributed by atoms with Crippen molar-refractivity contribution >= 4 is 32.5 Å². The van der Waals surface area contributed by atoms with Crippen LogP contribution in [0.25, 0.3) is 0 Å². The second-order valence-corrected chi connectivity index (χ2v) is 8.56. The van der Waals surface area contributed by atoms with Crippen LogP contribution in [-0.2, 0) is 28.0 Å². The molecule has 0 N–H and O–H groups in total. The van der Waals surface area contributed by atoms with Crippen LogP contribution in [0.2, 0.25) is 0 Å². The van der Waals surface area contributed by atoms with Crippen LogP contribution in [0, 0.1) is 17.2 Å². The molecule has 0 aromatic carbocycles. The standard InChI is InChI=1S/C14H16FN3O3S2/c1-17-3-2-10-11(5-16)14(22-12(10)7-17)18-6-9(4-13(18)19)8-23(15,20)21/h9H,2-4,6-8H2,1H3. The first-order chi connectivity index (χ1) is 10.8. The number of likely N-dealkylation sites (N-methyl/N-ethyl adjacent to an activating group) is 1. The van der Waals surface area contributed by atoms with Crippen LogP contribution in [0.15, 0.2) is 0 Å². The molecule has 0 saturated carbocycles. The number of anilines is 1. The molecule has 3 heterocycles. The second-order valence-electron chi connectivity index (χ2n) is 6.06. The predicted molar refractivity (Wildman–Crippen MR) is 84.4 cm³/mol. The van der Waals surface area contributed by atoms with Gasteiger partial charge < -0.3 is 9.80 Å². The van der Waals surface area contributed by atoms with E-state index in [1.807, 2.05) is 7.05 Å². The Morgan fingerprint density at radius 3 is 2.87 bits per heavy atom. The summed E-state index contributed by atoms with van der Waals surface area (Å²) in [6.45, 7) is 1.74. The van der Waals surface area contributed by atoms with Gasteiger partial charge in [0.05, 0.1) is 11.3 Å². The molecule has 2 aliphatic heterocycles. The number of hydrogen-bond donors (Lipinski definition) is 0. The van der Waals surface area contributed by atoms with Crippen LogP contribution >= 0.6 is 11.3 Å². The zero-order valence-electron chi connectivity index (χ0n) is 12.6. The van der Waals surface area contributed by atoms with E-state index in [-0.39, 0.29) is 18.9 Å². The second kappa shape index (κ2) is 5.85. The van der Waals surface area contributed by atoms with Crippen LogP contribution < -0.4 is 4.90 Å². The van der Waals surface area contributed by atoms with E-state index in [0.717, 1.165) is 30.0 Å². The van der Waals surface area contributed by atoms with Crippen LogP contribution in [0.1, 0.15) is 22.4 Å². The normalized spacial score (nSPS) is 22.2. The lowest BCUT2D eigenvalue weighted by Crippen LogP contribution is -2.26. The SMILES string of the molecule is CN1CCc2c(sc(N3CC(CS(=O)(=O)F)CC3=O)c2C#N)C1. The molecule has 1 aromatic rings.